The van der Waals surface area contributed by atoms with Crippen molar-refractivity contribution >= 4 is 17.6 Å². The third-order valence-electron chi connectivity index (χ3n) is 3.62. The number of carbonyl (C=O) groups is 2. The highest BCUT2D eigenvalue weighted by molar-refractivity contribution is 6.03. The van der Waals surface area contributed by atoms with Crippen LogP contribution in [0.5, 0.6) is 0 Å². The molecule has 6 nitrogen and oxygen atoms in total. The highest BCUT2D eigenvalue weighted by Crippen LogP contribution is 2.20. The van der Waals surface area contributed by atoms with E-state index in [0.29, 0.717) is 16.9 Å². The topological polar surface area (TPSA) is 81.4 Å². The van der Waals surface area contributed by atoms with Crippen LogP contribution in [0.3, 0.4) is 0 Å². The van der Waals surface area contributed by atoms with Crippen molar-refractivity contribution in [1.29, 1.82) is 0 Å². The Balaban J connectivity index is 1.76. The highest BCUT2D eigenvalue weighted by atomic mass is 16.5. The summed E-state index contributed by atoms with van der Waals surface area (Å²) in [6.07, 6.45) is 0. The molecule has 1 heterocycles. The maximum absolute atomic E-state index is 12.3. The molecule has 0 saturated carbocycles. The van der Waals surface area contributed by atoms with E-state index in [1.54, 1.807) is 24.3 Å². The number of carbonyl (C=O) groups excluding carboxylic acids is 2. The van der Waals surface area contributed by atoms with E-state index in [1.165, 1.54) is 13.2 Å². The highest BCUT2D eigenvalue weighted by Gasteiger charge is 2.15. The van der Waals surface area contributed by atoms with E-state index in [0.717, 1.165) is 11.1 Å². The van der Waals surface area contributed by atoms with Gasteiger partial charge in [0.2, 0.25) is 5.76 Å². The Morgan fingerprint density at radius 2 is 1.84 bits per heavy atom. The Kier molecular flexibility index (Phi) is 4.61. The number of methoxy groups -OCH3 is 1. The molecule has 1 N–H and O–H groups in total. The molecule has 3 rings (SSSR count). The third-order valence-corrected chi connectivity index (χ3v) is 3.62. The summed E-state index contributed by atoms with van der Waals surface area (Å²) < 4.78 is 9.79. The molecule has 0 unspecified atom stereocenters. The summed E-state index contributed by atoms with van der Waals surface area (Å²) in [5.74, 6) is -0.843. The molecule has 0 aliphatic carbocycles. The smallest absolute Gasteiger partial charge is 0.337 e. The lowest BCUT2D eigenvalue weighted by Gasteiger charge is -2.04. The van der Waals surface area contributed by atoms with Crippen LogP contribution >= 0.6 is 0 Å². The molecular formula is C19H16N2O4. The Bertz CT molecular complexity index is 913. The van der Waals surface area contributed by atoms with Crippen LogP contribution in [0.25, 0.3) is 11.3 Å². The van der Waals surface area contributed by atoms with Crippen LogP contribution in [0.2, 0.25) is 0 Å². The lowest BCUT2D eigenvalue weighted by Crippen LogP contribution is -2.11. The number of esters is 1. The summed E-state index contributed by atoms with van der Waals surface area (Å²) in [7, 11) is 1.30. The number of nitrogens with one attached hydrogen (secondary N) is 1. The molecular weight excluding hydrogens is 320 g/mol. The van der Waals surface area contributed by atoms with E-state index < -0.39 is 11.9 Å². The normalized spacial score (nSPS) is 10.3. The van der Waals surface area contributed by atoms with Crippen LogP contribution in [-0.2, 0) is 4.74 Å². The molecule has 1 amide bonds. The zero-order chi connectivity index (χ0) is 17.8. The predicted molar refractivity (Wildman–Crippen MR) is 92.4 cm³/mol. The van der Waals surface area contributed by atoms with E-state index in [1.807, 2.05) is 31.2 Å². The molecule has 0 aliphatic rings. The fourth-order valence-electron chi connectivity index (χ4n) is 2.28. The van der Waals surface area contributed by atoms with Gasteiger partial charge in [0.15, 0.2) is 0 Å². The maximum atomic E-state index is 12.3. The Morgan fingerprint density at radius 3 is 2.56 bits per heavy atom. The van der Waals surface area contributed by atoms with Crippen LogP contribution in [0.4, 0.5) is 5.69 Å². The number of aromatic nitrogens is 1. The lowest BCUT2D eigenvalue weighted by molar-refractivity contribution is 0.0600. The lowest BCUT2D eigenvalue weighted by atomic mass is 10.1. The van der Waals surface area contributed by atoms with Gasteiger partial charge < -0.3 is 14.6 Å². The van der Waals surface area contributed by atoms with Crippen molar-refractivity contribution in [3.05, 3.63) is 71.5 Å². The maximum Gasteiger partial charge on any atom is 0.337 e. The summed E-state index contributed by atoms with van der Waals surface area (Å²) in [4.78, 5) is 23.8. The third kappa shape index (κ3) is 3.74. The van der Waals surface area contributed by atoms with Gasteiger partial charge in [0.05, 0.1) is 12.7 Å². The van der Waals surface area contributed by atoms with Crippen molar-refractivity contribution in [3.63, 3.8) is 0 Å². The van der Waals surface area contributed by atoms with Crippen molar-refractivity contribution in [3.8, 4) is 11.3 Å². The number of aryl methyl sites for hydroxylation is 1. The minimum absolute atomic E-state index is 0.0825. The molecule has 0 bridgehead atoms. The van der Waals surface area contributed by atoms with E-state index in [9.17, 15) is 9.59 Å². The number of nitrogens with zero attached hydrogens (tertiary/aromatic N) is 1. The molecule has 0 fully saturated rings. The van der Waals surface area contributed by atoms with Crippen LogP contribution in [0.15, 0.2) is 59.1 Å². The Morgan fingerprint density at radius 1 is 1.08 bits per heavy atom. The van der Waals surface area contributed by atoms with Crippen LogP contribution in [0.1, 0.15) is 26.5 Å². The van der Waals surface area contributed by atoms with Gasteiger partial charge in [0.25, 0.3) is 5.91 Å². The quantitative estimate of drug-likeness (QED) is 0.735. The molecule has 25 heavy (non-hydrogen) atoms. The second kappa shape index (κ2) is 7.00. The van der Waals surface area contributed by atoms with Gasteiger partial charge in [0, 0.05) is 17.3 Å². The number of benzene rings is 2. The van der Waals surface area contributed by atoms with E-state index >= 15 is 0 Å². The zero-order valence-electron chi connectivity index (χ0n) is 13.8. The fourth-order valence-corrected chi connectivity index (χ4v) is 2.28. The van der Waals surface area contributed by atoms with Gasteiger partial charge in [-0.15, -0.1) is 0 Å². The van der Waals surface area contributed by atoms with Gasteiger partial charge >= 0.3 is 5.97 Å². The molecule has 0 saturated heterocycles. The molecule has 3 aromatic rings. The van der Waals surface area contributed by atoms with Crippen LogP contribution in [-0.4, -0.2) is 24.1 Å². The van der Waals surface area contributed by atoms with Gasteiger partial charge in [-0.2, -0.15) is 0 Å². The minimum atomic E-state index is -0.475. The Labute approximate surface area is 144 Å². The average Bonchev–Trinajstić information content (AvgIpc) is 3.12. The number of hydrogen-bond donors (Lipinski definition) is 1. The molecule has 0 atom stereocenters. The van der Waals surface area contributed by atoms with Gasteiger partial charge in [-0.1, -0.05) is 41.1 Å². The van der Waals surface area contributed by atoms with Gasteiger partial charge in [-0.25, -0.2) is 4.79 Å². The monoisotopic (exact) mass is 336 g/mol. The molecule has 126 valence electrons. The molecule has 0 aliphatic heterocycles. The van der Waals surface area contributed by atoms with E-state index in [4.69, 9.17) is 4.52 Å². The van der Waals surface area contributed by atoms with Crippen molar-refractivity contribution < 1.29 is 18.8 Å². The largest absolute Gasteiger partial charge is 0.465 e. The first-order valence-corrected chi connectivity index (χ1v) is 7.60. The number of rotatable bonds is 4. The minimum Gasteiger partial charge on any atom is -0.465 e. The number of ether oxygens (including phenoxy) is 1. The second-order valence-electron chi connectivity index (χ2n) is 5.47. The first kappa shape index (κ1) is 16.4. The number of hydrogen-bond acceptors (Lipinski definition) is 5. The number of amides is 1. The zero-order valence-corrected chi connectivity index (χ0v) is 13.8. The van der Waals surface area contributed by atoms with Crippen LogP contribution < -0.4 is 5.32 Å². The van der Waals surface area contributed by atoms with Gasteiger partial charge in [-0.05, 0) is 25.1 Å². The predicted octanol–water partition coefficient (Wildman–Crippen LogP) is 3.69. The fraction of sp³-hybridized carbons (Fsp3) is 0.105. The molecule has 1 aromatic heterocycles. The first-order valence-electron chi connectivity index (χ1n) is 7.60. The number of anilines is 1. The first-order chi connectivity index (χ1) is 12.1. The van der Waals surface area contributed by atoms with E-state index in [-0.39, 0.29) is 5.76 Å². The summed E-state index contributed by atoms with van der Waals surface area (Å²) in [5.41, 5.74) is 3.38. The molecule has 6 heteroatoms. The van der Waals surface area contributed by atoms with Crippen molar-refractivity contribution in [2.75, 3.05) is 12.4 Å². The molecule has 2 aromatic carbocycles. The molecule has 0 spiro atoms. The van der Waals surface area contributed by atoms with E-state index in [2.05, 4.69) is 15.2 Å². The van der Waals surface area contributed by atoms with Crippen molar-refractivity contribution in [2.45, 2.75) is 6.92 Å². The second-order valence-corrected chi connectivity index (χ2v) is 5.47. The van der Waals surface area contributed by atoms with Gasteiger partial charge in [-0.3, -0.25) is 4.79 Å². The summed E-state index contributed by atoms with van der Waals surface area (Å²) >= 11 is 0. The standard InChI is InChI=1S/C19H16N2O4/c1-12-6-8-13(9-7-12)16-11-17(25-21-16)18(22)20-15-5-3-4-14(10-15)19(23)24-2/h3-11H,1-2H3,(H,20,22). The van der Waals surface area contributed by atoms with Crippen molar-refractivity contribution in [2.24, 2.45) is 0 Å². The average molecular weight is 336 g/mol. The summed E-state index contributed by atoms with van der Waals surface area (Å²) in [5, 5.41) is 6.60. The SMILES string of the molecule is COC(=O)c1cccc(NC(=O)c2cc(-c3ccc(C)cc3)no2)c1. The van der Waals surface area contributed by atoms with Crippen molar-refractivity contribution in [1.82, 2.24) is 5.16 Å². The molecule has 0 radical (unpaired) electrons. The Hall–Kier alpha value is -3.41. The summed E-state index contributed by atoms with van der Waals surface area (Å²) in [6, 6.07) is 15.8. The van der Waals surface area contributed by atoms with Crippen LogP contribution in [0, 0.1) is 6.92 Å². The summed E-state index contributed by atoms with van der Waals surface area (Å²) in [6.45, 7) is 1.99. The van der Waals surface area contributed by atoms with Gasteiger partial charge in [0.1, 0.15) is 5.69 Å².